The third kappa shape index (κ3) is 7.52. The zero-order valence-electron chi connectivity index (χ0n) is 22.6. The second-order valence-electron chi connectivity index (χ2n) is 9.00. The number of hydrogen-bond donors (Lipinski definition) is 1. The number of carbonyl (C=O) groups excluding carboxylic acids is 2. The molecule has 2 amide bonds. The van der Waals surface area contributed by atoms with Crippen LogP contribution >= 0.6 is 11.6 Å². The third-order valence-electron chi connectivity index (χ3n) is 6.21. The third-order valence-corrected chi connectivity index (χ3v) is 8.23. The summed E-state index contributed by atoms with van der Waals surface area (Å²) in [6.45, 7) is 5.41. The van der Waals surface area contributed by atoms with Crippen LogP contribution in [-0.4, -0.2) is 51.4 Å². The number of methoxy groups -OCH3 is 1. The van der Waals surface area contributed by atoms with Gasteiger partial charge in [0.1, 0.15) is 18.3 Å². The number of nitrogens with one attached hydrogen (secondary N) is 1. The van der Waals surface area contributed by atoms with Crippen molar-refractivity contribution in [1.82, 2.24) is 10.2 Å². The van der Waals surface area contributed by atoms with Crippen molar-refractivity contribution in [2.24, 2.45) is 0 Å². The number of rotatable bonds is 12. The van der Waals surface area contributed by atoms with Gasteiger partial charge in [0.25, 0.3) is 10.0 Å². The summed E-state index contributed by atoms with van der Waals surface area (Å²) in [4.78, 5) is 28.4. The highest BCUT2D eigenvalue weighted by molar-refractivity contribution is 7.92. The van der Waals surface area contributed by atoms with Crippen molar-refractivity contribution in [2.45, 2.75) is 44.7 Å². The van der Waals surface area contributed by atoms with Gasteiger partial charge >= 0.3 is 0 Å². The van der Waals surface area contributed by atoms with Crippen molar-refractivity contribution >= 4 is 39.1 Å². The Morgan fingerprint density at radius 2 is 1.69 bits per heavy atom. The average molecular weight is 572 g/mol. The zero-order valence-corrected chi connectivity index (χ0v) is 24.1. The number of benzene rings is 3. The fraction of sp³-hybridized carbons (Fsp3) is 0.310. The van der Waals surface area contributed by atoms with E-state index in [9.17, 15) is 18.0 Å². The van der Waals surface area contributed by atoms with Gasteiger partial charge < -0.3 is 15.0 Å². The monoisotopic (exact) mass is 571 g/mol. The van der Waals surface area contributed by atoms with Gasteiger partial charge in [-0.05, 0) is 68.3 Å². The lowest BCUT2D eigenvalue weighted by molar-refractivity contribution is -0.140. The molecule has 3 rings (SSSR count). The summed E-state index contributed by atoms with van der Waals surface area (Å²) >= 11 is 6.21. The van der Waals surface area contributed by atoms with E-state index in [-0.39, 0.29) is 23.0 Å². The Morgan fingerprint density at radius 1 is 1.00 bits per heavy atom. The molecule has 1 atom stereocenters. The molecule has 0 aliphatic heterocycles. The average Bonchev–Trinajstić information content (AvgIpc) is 2.92. The van der Waals surface area contributed by atoms with Gasteiger partial charge in [0.05, 0.1) is 17.7 Å². The quantitative estimate of drug-likeness (QED) is 0.337. The molecule has 0 heterocycles. The molecule has 1 N–H and O–H groups in total. The normalized spacial score (nSPS) is 11.9. The fourth-order valence-electron chi connectivity index (χ4n) is 4.18. The van der Waals surface area contributed by atoms with Gasteiger partial charge in [0, 0.05) is 18.1 Å². The van der Waals surface area contributed by atoms with E-state index < -0.39 is 28.5 Å². The lowest BCUT2D eigenvalue weighted by Crippen LogP contribution is -2.52. The van der Waals surface area contributed by atoms with Gasteiger partial charge in [-0.1, -0.05) is 54.4 Å². The molecule has 39 heavy (non-hydrogen) atoms. The lowest BCUT2D eigenvalue weighted by atomic mass is 10.1. The standard InChI is InChI=1S/C29H34ClN3O5S/c1-5-27(29(35)31-6-2)32(19-22-9-7-12-25(17-22)38-4)28(34)20-33(24-11-8-10-23(30)18-24)39(36,37)26-15-13-21(3)14-16-26/h7-18,27H,5-6,19-20H2,1-4H3,(H,31,35)/t27-/m0/s1. The van der Waals surface area contributed by atoms with Gasteiger partial charge in [0.15, 0.2) is 0 Å². The molecule has 0 unspecified atom stereocenters. The number of ether oxygens (including phenoxy) is 1. The van der Waals surface area contributed by atoms with E-state index in [1.807, 2.05) is 19.9 Å². The van der Waals surface area contributed by atoms with Gasteiger partial charge in [0.2, 0.25) is 11.8 Å². The minimum absolute atomic E-state index is 0.0380. The topological polar surface area (TPSA) is 96.0 Å². The molecule has 3 aromatic carbocycles. The summed E-state index contributed by atoms with van der Waals surface area (Å²) in [7, 11) is -2.61. The van der Waals surface area contributed by atoms with E-state index in [1.165, 1.54) is 23.1 Å². The Kier molecular flexibility index (Phi) is 10.4. The van der Waals surface area contributed by atoms with Gasteiger partial charge in [-0.2, -0.15) is 0 Å². The summed E-state index contributed by atoms with van der Waals surface area (Å²) in [5, 5.41) is 3.11. The number of carbonyl (C=O) groups is 2. The first kappa shape index (κ1) is 30.0. The van der Waals surface area contributed by atoms with Crippen LogP contribution in [0, 0.1) is 6.92 Å². The summed E-state index contributed by atoms with van der Waals surface area (Å²) in [5.74, 6) is -0.244. The lowest BCUT2D eigenvalue weighted by Gasteiger charge is -2.33. The molecule has 208 valence electrons. The van der Waals surface area contributed by atoms with E-state index in [0.717, 1.165) is 15.4 Å². The highest BCUT2D eigenvalue weighted by Crippen LogP contribution is 2.27. The number of amides is 2. The molecule has 0 aliphatic rings. The number of sulfonamides is 1. The van der Waals surface area contributed by atoms with Gasteiger partial charge in [-0.25, -0.2) is 8.42 Å². The van der Waals surface area contributed by atoms with Crippen LogP contribution in [0.25, 0.3) is 0 Å². The maximum Gasteiger partial charge on any atom is 0.264 e. The minimum Gasteiger partial charge on any atom is -0.497 e. The summed E-state index contributed by atoms with van der Waals surface area (Å²) < 4.78 is 34.1. The van der Waals surface area contributed by atoms with Crippen LogP contribution < -0.4 is 14.4 Å². The molecule has 0 aliphatic carbocycles. The highest BCUT2D eigenvalue weighted by Gasteiger charge is 2.33. The van der Waals surface area contributed by atoms with Crippen LogP contribution in [0.15, 0.2) is 77.7 Å². The predicted octanol–water partition coefficient (Wildman–Crippen LogP) is 4.80. The van der Waals surface area contributed by atoms with E-state index in [1.54, 1.807) is 62.6 Å². The van der Waals surface area contributed by atoms with Crippen LogP contribution in [0.3, 0.4) is 0 Å². The van der Waals surface area contributed by atoms with Crippen LogP contribution in [-0.2, 0) is 26.2 Å². The molecule has 0 radical (unpaired) electrons. The molecular weight excluding hydrogens is 538 g/mol. The second-order valence-corrected chi connectivity index (χ2v) is 11.3. The minimum atomic E-state index is -4.16. The van der Waals surface area contributed by atoms with Crippen molar-refractivity contribution in [3.8, 4) is 5.75 Å². The van der Waals surface area contributed by atoms with Crippen LogP contribution in [0.1, 0.15) is 31.4 Å². The smallest absolute Gasteiger partial charge is 0.264 e. The molecule has 10 heteroatoms. The highest BCUT2D eigenvalue weighted by atomic mass is 35.5. The summed E-state index contributed by atoms with van der Waals surface area (Å²) in [6, 6.07) is 19.1. The maximum atomic E-state index is 14.0. The second kappa shape index (κ2) is 13.5. The van der Waals surface area contributed by atoms with E-state index in [2.05, 4.69) is 5.32 Å². The van der Waals surface area contributed by atoms with Gasteiger partial charge in [-0.15, -0.1) is 0 Å². The number of likely N-dealkylation sites (N-methyl/N-ethyl adjacent to an activating group) is 1. The molecule has 8 nitrogen and oxygen atoms in total. The molecule has 0 fully saturated rings. The Morgan fingerprint density at radius 3 is 2.31 bits per heavy atom. The van der Waals surface area contributed by atoms with E-state index in [4.69, 9.17) is 16.3 Å². The van der Waals surface area contributed by atoms with Crippen molar-refractivity contribution in [3.05, 3.63) is 88.9 Å². The van der Waals surface area contributed by atoms with Crippen molar-refractivity contribution < 1.29 is 22.7 Å². The SMILES string of the molecule is CCNC(=O)[C@H](CC)N(Cc1cccc(OC)c1)C(=O)CN(c1cccc(Cl)c1)S(=O)(=O)c1ccc(C)cc1. The number of hydrogen-bond acceptors (Lipinski definition) is 5. The number of anilines is 1. The molecule has 3 aromatic rings. The van der Waals surface area contributed by atoms with Crippen molar-refractivity contribution in [3.63, 3.8) is 0 Å². The molecule has 0 saturated carbocycles. The number of aryl methyl sites for hydroxylation is 1. The fourth-order valence-corrected chi connectivity index (χ4v) is 5.77. The molecule has 0 bridgehead atoms. The largest absolute Gasteiger partial charge is 0.497 e. The van der Waals surface area contributed by atoms with Crippen LogP contribution in [0.5, 0.6) is 5.75 Å². The Hall–Kier alpha value is -3.56. The first-order chi connectivity index (χ1) is 18.6. The Balaban J connectivity index is 2.07. The summed E-state index contributed by atoms with van der Waals surface area (Å²) in [5.41, 5.74) is 1.88. The maximum absolute atomic E-state index is 14.0. The van der Waals surface area contributed by atoms with Crippen LogP contribution in [0.2, 0.25) is 5.02 Å². The molecular formula is C29H34ClN3O5S. The molecule has 0 spiro atoms. The first-order valence-electron chi connectivity index (χ1n) is 12.7. The predicted molar refractivity (Wildman–Crippen MR) is 153 cm³/mol. The van der Waals surface area contributed by atoms with Gasteiger partial charge in [-0.3, -0.25) is 13.9 Å². The van der Waals surface area contributed by atoms with Crippen LogP contribution in [0.4, 0.5) is 5.69 Å². The number of nitrogens with zero attached hydrogens (tertiary/aromatic N) is 2. The van der Waals surface area contributed by atoms with Crippen molar-refractivity contribution in [2.75, 3.05) is 24.5 Å². The molecule has 0 saturated heterocycles. The Labute approximate surface area is 235 Å². The van der Waals surface area contributed by atoms with E-state index in [0.29, 0.717) is 23.7 Å². The van der Waals surface area contributed by atoms with Crippen molar-refractivity contribution in [1.29, 1.82) is 0 Å². The number of halogens is 1. The zero-order chi connectivity index (χ0) is 28.6. The first-order valence-corrected chi connectivity index (χ1v) is 14.5. The molecule has 0 aromatic heterocycles. The summed E-state index contributed by atoms with van der Waals surface area (Å²) in [6.07, 6.45) is 0.337. The van der Waals surface area contributed by atoms with E-state index >= 15 is 0 Å². The Bertz CT molecular complexity index is 1400.